The summed E-state index contributed by atoms with van der Waals surface area (Å²) in [5.41, 5.74) is 2.50. The molecule has 0 aliphatic carbocycles. The average molecular weight is 486 g/mol. The minimum atomic E-state index is -0.369. The highest BCUT2D eigenvalue weighted by Gasteiger charge is 2.12. The molecule has 0 atom stereocenters. The number of allylic oxidation sites excluding steroid dienone is 1. The molecular formula is C23H23N3O5S2. The summed E-state index contributed by atoms with van der Waals surface area (Å²) in [6.45, 7) is 1.75. The molecule has 172 valence electrons. The molecule has 3 rings (SSSR count). The number of nitrogens with one attached hydrogen (secondary N) is 1. The van der Waals surface area contributed by atoms with Crippen LogP contribution in [0.25, 0.3) is 6.08 Å². The molecule has 0 radical (unpaired) electrons. The zero-order chi connectivity index (χ0) is 23.6. The molecule has 8 nitrogen and oxygen atoms in total. The molecule has 1 aromatic heterocycles. The van der Waals surface area contributed by atoms with Gasteiger partial charge in [0.1, 0.15) is 0 Å². The lowest BCUT2D eigenvalue weighted by Crippen LogP contribution is -2.20. The molecular weight excluding hydrogens is 462 g/mol. The van der Waals surface area contributed by atoms with Crippen LogP contribution in [0.1, 0.15) is 28.4 Å². The summed E-state index contributed by atoms with van der Waals surface area (Å²) in [7, 11) is 2.90. The minimum absolute atomic E-state index is 0.187. The van der Waals surface area contributed by atoms with Gasteiger partial charge in [0, 0.05) is 5.75 Å². The highest BCUT2D eigenvalue weighted by Crippen LogP contribution is 2.30. The van der Waals surface area contributed by atoms with Crippen molar-refractivity contribution in [1.82, 2.24) is 10.2 Å². The van der Waals surface area contributed by atoms with E-state index in [2.05, 4.69) is 15.5 Å². The van der Waals surface area contributed by atoms with E-state index in [4.69, 9.17) is 14.2 Å². The molecule has 0 fully saturated rings. The van der Waals surface area contributed by atoms with Gasteiger partial charge < -0.3 is 14.2 Å². The molecule has 0 bridgehead atoms. The Morgan fingerprint density at radius 3 is 2.58 bits per heavy atom. The first-order chi connectivity index (χ1) is 16.0. The molecule has 1 amide bonds. The van der Waals surface area contributed by atoms with Gasteiger partial charge in [-0.05, 0) is 42.3 Å². The van der Waals surface area contributed by atoms with Gasteiger partial charge in [0.25, 0.3) is 5.91 Å². The predicted octanol–water partition coefficient (Wildman–Crippen LogP) is 4.68. The van der Waals surface area contributed by atoms with Crippen LogP contribution in [0.15, 0.2) is 52.9 Å². The predicted molar refractivity (Wildman–Crippen MR) is 129 cm³/mol. The normalized spacial score (nSPS) is 10.8. The van der Waals surface area contributed by atoms with Crippen LogP contribution in [0.2, 0.25) is 0 Å². The Hall–Kier alpha value is -3.37. The van der Waals surface area contributed by atoms with Crippen molar-refractivity contribution in [2.75, 3.05) is 26.1 Å². The fraction of sp³-hybridized carbons (Fsp3) is 0.217. The Morgan fingerprint density at radius 1 is 1.09 bits per heavy atom. The van der Waals surface area contributed by atoms with Gasteiger partial charge in [-0.2, -0.15) is 0 Å². The van der Waals surface area contributed by atoms with Crippen molar-refractivity contribution in [3.63, 3.8) is 0 Å². The molecule has 0 saturated carbocycles. The lowest BCUT2D eigenvalue weighted by molar-refractivity contribution is -0.118. The van der Waals surface area contributed by atoms with Crippen molar-refractivity contribution in [1.29, 1.82) is 0 Å². The van der Waals surface area contributed by atoms with Crippen LogP contribution in [-0.2, 0) is 15.3 Å². The third kappa shape index (κ3) is 7.06. The van der Waals surface area contributed by atoms with Crippen LogP contribution in [0.3, 0.4) is 0 Å². The lowest BCUT2D eigenvalue weighted by Gasteiger charge is -2.10. The largest absolute Gasteiger partial charge is 0.493 e. The summed E-state index contributed by atoms with van der Waals surface area (Å²) < 4.78 is 16.3. The fourth-order valence-electron chi connectivity index (χ4n) is 2.72. The first-order valence-electron chi connectivity index (χ1n) is 9.89. The standard InChI is InChI=1S/C23H23N3O5S2/c1-4-5-15-8-11-18(19(12-15)29-2)31-13-20(27)24-22-25-26-23(33-22)32-14-16-6-9-17(10-7-16)21(28)30-3/h4-12H,13-14H2,1-3H3,(H,24,25,27). The second kappa shape index (κ2) is 12.0. The van der Waals surface area contributed by atoms with E-state index in [0.717, 1.165) is 11.1 Å². The zero-order valence-corrected chi connectivity index (χ0v) is 20.0. The number of anilines is 1. The number of methoxy groups -OCH3 is 2. The Morgan fingerprint density at radius 2 is 1.88 bits per heavy atom. The average Bonchev–Trinajstić information content (AvgIpc) is 3.28. The smallest absolute Gasteiger partial charge is 0.337 e. The topological polar surface area (TPSA) is 99.6 Å². The Balaban J connectivity index is 1.49. The number of thioether (sulfide) groups is 1. The number of amides is 1. The zero-order valence-electron chi connectivity index (χ0n) is 18.4. The van der Waals surface area contributed by atoms with Gasteiger partial charge in [-0.1, -0.05) is 53.4 Å². The van der Waals surface area contributed by atoms with Crippen molar-refractivity contribution in [2.45, 2.75) is 17.0 Å². The number of rotatable bonds is 10. The lowest BCUT2D eigenvalue weighted by atomic mass is 10.1. The summed E-state index contributed by atoms with van der Waals surface area (Å²) in [4.78, 5) is 23.8. The molecule has 3 aromatic rings. The highest BCUT2D eigenvalue weighted by atomic mass is 32.2. The number of carbonyl (C=O) groups is 2. The van der Waals surface area contributed by atoms with E-state index in [0.29, 0.717) is 32.3 Å². The quantitative estimate of drug-likeness (QED) is 0.251. The molecule has 0 aliphatic heterocycles. The number of hydrogen-bond donors (Lipinski definition) is 1. The van der Waals surface area contributed by atoms with Crippen molar-refractivity contribution >= 4 is 46.2 Å². The van der Waals surface area contributed by atoms with Gasteiger partial charge in [-0.25, -0.2) is 4.79 Å². The maximum Gasteiger partial charge on any atom is 0.337 e. The van der Waals surface area contributed by atoms with Crippen molar-refractivity contribution in [2.24, 2.45) is 0 Å². The van der Waals surface area contributed by atoms with Crippen LogP contribution < -0.4 is 14.8 Å². The molecule has 0 aliphatic rings. The molecule has 0 saturated heterocycles. The number of ether oxygens (including phenoxy) is 3. The molecule has 2 aromatic carbocycles. The van der Waals surface area contributed by atoms with Crippen molar-refractivity contribution in [3.8, 4) is 11.5 Å². The minimum Gasteiger partial charge on any atom is -0.493 e. The third-order valence-corrected chi connectivity index (χ3v) is 6.34. The molecule has 10 heteroatoms. The van der Waals surface area contributed by atoms with Gasteiger partial charge >= 0.3 is 5.97 Å². The van der Waals surface area contributed by atoms with Crippen LogP contribution in [0, 0.1) is 0 Å². The summed E-state index contributed by atoms with van der Waals surface area (Å²) in [6, 6.07) is 12.6. The van der Waals surface area contributed by atoms with Gasteiger partial charge in [-0.15, -0.1) is 10.2 Å². The van der Waals surface area contributed by atoms with Crippen LogP contribution in [0.5, 0.6) is 11.5 Å². The maximum absolute atomic E-state index is 12.3. The molecule has 0 spiro atoms. The molecule has 0 unspecified atom stereocenters. The Bertz CT molecular complexity index is 1130. The number of benzene rings is 2. The third-order valence-electron chi connectivity index (χ3n) is 4.30. The number of esters is 1. The van der Waals surface area contributed by atoms with Gasteiger partial charge in [-0.3, -0.25) is 10.1 Å². The first-order valence-corrected chi connectivity index (χ1v) is 11.7. The van der Waals surface area contributed by atoms with E-state index in [1.54, 1.807) is 25.3 Å². The van der Waals surface area contributed by atoms with Crippen molar-refractivity contribution < 1.29 is 23.8 Å². The molecule has 1 N–H and O–H groups in total. The van der Waals surface area contributed by atoms with Crippen LogP contribution in [-0.4, -0.2) is 42.9 Å². The first kappa shape index (κ1) is 24.3. The Labute approximate surface area is 200 Å². The number of carbonyl (C=O) groups excluding carboxylic acids is 2. The van der Waals surface area contributed by atoms with E-state index in [1.165, 1.54) is 30.2 Å². The summed E-state index contributed by atoms with van der Waals surface area (Å²) in [5, 5.41) is 11.2. The molecule has 1 heterocycles. The van der Waals surface area contributed by atoms with E-state index >= 15 is 0 Å². The fourth-order valence-corrected chi connectivity index (χ4v) is 4.44. The monoisotopic (exact) mass is 485 g/mol. The van der Waals surface area contributed by atoms with E-state index in [1.807, 2.05) is 43.3 Å². The Kier molecular flexibility index (Phi) is 8.85. The van der Waals surface area contributed by atoms with E-state index in [-0.39, 0.29) is 18.5 Å². The summed E-state index contributed by atoms with van der Waals surface area (Å²) in [5.74, 6) is 0.962. The maximum atomic E-state index is 12.3. The second-order valence-electron chi connectivity index (χ2n) is 6.60. The van der Waals surface area contributed by atoms with Gasteiger partial charge in [0.05, 0.1) is 19.8 Å². The number of aromatic nitrogens is 2. The van der Waals surface area contributed by atoms with E-state index in [9.17, 15) is 9.59 Å². The number of nitrogens with zero attached hydrogens (tertiary/aromatic N) is 2. The number of hydrogen-bond acceptors (Lipinski definition) is 9. The second-order valence-corrected chi connectivity index (χ2v) is 8.80. The van der Waals surface area contributed by atoms with Gasteiger partial charge in [0.15, 0.2) is 22.4 Å². The van der Waals surface area contributed by atoms with Crippen LogP contribution >= 0.6 is 23.1 Å². The highest BCUT2D eigenvalue weighted by molar-refractivity contribution is 8.00. The van der Waals surface area contributed by atoms with Crippen LogP contribution in [0.4, 0.5) is 5.13 Å². The SMILES string of the molecule is CC=Cc1ccc(OCC(=O)Nc2nnc(SCc3ccc(C(=O)OC)cc3)s2)c(OC)c1. The summed E-state index contributed by atoms with van der Waals surface area (Å²) >= 11 is 2.76. The summed E-state index contributed by atoms with van der Waals surface area (Å²) in [6.07, 6.45) is 3.87. The molecule has 33 heavy (non-hydrogen) atoms. The van der Waals surface area contributed by atoms with Gasteiger partial charge in [0.2, 0.25) is 5.13 Å². The van der Waals surface area contributed by atoms with E-state index < -0.39 is 0 Å². The van der Waals surface area contributed by atoms with Crippen molar-refractivity contribution in [3.05, 3.63) is 65.2 Å².